The largest absolute Gasteiger partial charge is 0.341 e. The van der Waals surface area contributed by atoms with Gasteiger partial charge in [0.2, 0.25) is 5.95 Å². The molecule has 0 bridgehead atoms. The molecular formula is C16H24N4O. The normalized spacial score (nSPS) is 19.7. The monoisotopic (exact) mass is 288 g/mol. The smallest absolute Gasteiger partial charge is 0.272 e. The van der Waals surface area contributed by atoms with Gasteiger partial charge in [0.25, 0.3) is 5.91 Å². The van der Waals surface area contributed by atoms with Crippen LogP contribution in [0.3, 0.4) is 0 Å². The van der Waals surface area contributed by atoms with Crippen LogP contribution in [0.15, 0.2) is 6.07 Å². The first kappa shape index (κ1) is 14.3. The molecule has 0 radical (unpaired) electrons. The van der Waals surface area contributed by atoms with Crippen molar-refractivity contribution in [3.8, 4) is 0 Å². The second-order valence-electron chi connectivity index (χ2n) is 6.10. The Morgan fingerprint density at radius 2 is 1.57 bits per heavy atom. The fourth-order valence-electron chi connectivity index (χ4n) is 3.16. The van der Waals surface area contributed by atoms with Gasteiger partial charge in [-0.3, -0.25) is 4.79 Å². The minimum absolute atomic E-state index is 0.0721. The number of aromatic nitrogens is 2. The van der Waals surface area contributed by atoms with Gasteiger partial charge in [-0.05, 0) is 38.7 Å². The van der Waals surface area contributed by atoms with Crippen molar-refractivity contribution in [1.82, 2.24) is 14.9 Å². The third-order valence-electron chi connectivity index (χ3n) is 4.34. The maximum Gasteiger partial charge on any atom is 0.272 e. The summed E-state index contributed by atoms with van der Waals surface area (Å²) in [6, 6.07) is 1.83. The lowest BCUT2D eigenvalue weighted by atomic mass is 10.2. The van der Waals surface area contributed by atoms with E-state index in [1.54, 1.807) is 0 Å². The molecule has 1 aromatic heterocycles. The molecule has 0 atom stereocenters. The molecule has 5 nitrogen and oxygen atoms in total. The van der Waals surface area contributed by atoms with Gasteiger partial charge in [-0.1, -0.05) is 12.8 Å². The summed E-state index contributed by atoms with van der Waals surface area (Å²) in [4.78, 5) is 25.9. The summed E-state index contributed by atoms with van der Waals surface area (Å²) in [5.41, 5.74) is 1.44. The molecule has 2 aliphatic rings. The standard InChI is InChI=1S/C16H24N4O/c1-13-12-14(15(21)19-8-4-2-3-5-9-19)18-16(17-13)20-10-6-7-11-20/h12H,2-11H2,1H3. The van der Waals surface area contributed by atoms with Crippen LogP contribution in [-0.2, 0) is 0 Å². The van der Waals surface area contributed by atoms with Gasteiger partial charge in [-0.2, -0.15) is 0 Å². The summed E-state index contributed by atoms with van der Waals surface area (Å²) in [5, 5.41) is 0. The molecule has 0 aromatic carbocycles. The second kappa shape index (κ2) is 6.41. The van der Waals surface area contributed by atoms with Gasteiger partial charge in [0.15, 0.2) is 0 Å². The van der Waals surface area contributed by atoms with E-state index in [4.69, 9.17) is 0 Å². The second-order valence-corrected chi connectivity index (χ2v) is 6.10. The lowest BCUT2D eigenvalue weighted by Crippen LogP contribution is -2.33. The molecule has 5 heteroatoms. The molecule has 0 unspecified atom stereocenters. The number of likely N-dealkylation sites (tertiary alicyclic amines) is 1. The number of aryl methyl sites for hydroxylation is 1. The van der Waals surface area contributed by atoms with Crippen molar-refractivity contribution in [3.63, 3.8) is 0 Å². The SMILES string of the molecule is Cc1cc(C(=O)N2CCCCCC2)nc(N2CCCC2)n1. The molecule has 2 fully saturated rings. The molecule has 3 rings (SSSR count). The first-order valence-electron chi connectivity index (χ1n) is 8.14. The molecule has 1 amide bonds. The van der Waals surface area contributed by atoms with Gasteiger partial charge >= 0.3 is 0 Å². The molecule has 0 aliphatic carbocycles. The Bertz CT molecular complexity index is 503. The minimum atomic E-state index is 0.0721. The number of hydrogen-bond acceptors (Lipinski definition) is 4. The van der Waals surface area contributed by atoms with E-state index in [0.717, 1.165) is 50.7 Å². The summed E-state index contributed by atoms with van der Waals surface area (Å²) in [6.07, 6.45) is 7.04. The number of nitrogens with zero attached hydrogens (tertiary/aromatic N) is 4. The zero-order valence-electron chi connectivity index (χ0n) is 12.8. The highest BCUT2D eigenvalue weighted by atomic mass is 16.2. The van der Waals surface area contributed by atoms with Crippen molar-refractivity contribution in [2.24, 2.45) is 0 Å². The maximum atomic E-state index is 12.7. The van der Waals surface area contributed by atoms with Gasteiger partial charge in [0.05, 0.1) is 0 Å². The van der Waals surface area contributed by atoms with E-state index < -0.39 is 0 Å². The molecular weight excluding hydrogens is 264 g/mol. The number of anilines is 1. The summed E-state index contributed by atoms with van der Waals surface area (Å²) in [6.45, 7) is 5.67. The van der Waals surface area contributed by atoms with Gasteiger partial charge in [0.1, 0.15) is 5.69 Å². The molecule has 21 heavy (non-hydrogen) atoms. The van der Waals surface area contributed by atoms with Crippen LogP contribution in [-0.4, -0.2) is 47.0 Å². The number of amides is 1. The molecule has 3 heterocycles. The highest BCUT2D eigenvalue weighted by Gasteiger charge is 2.22. The topological polar surface area (TPSA) is 49.3 Å². The fourth-order valence-corrected chi connectivity index (χ4v) is 3.16. The Morgan fingerprint density at radius 1 is 0.952 bits per heavy atom. The summed E-state index contributed by atoms with van der Waals surface area (Å²) in [7, 11) is 0. The lowest BCUT2D eigenvalue weighted by molar-refractivity contribution is 0.0755. The van der Waals surface area contributed by atoms with Crippen LogP contribution in [0.25, 0.3) is 0 Å². The molecule has 0 saturated carbocycles. The van der Waals surface area contributed by atoms with Crippen LogP contribution in [0, 0.1) is 6.92 Å². The minimum Gasteiger partial charge on any atom is -0.341 e. The molecule has 114 valence electrons. The molecule has 2 saturated heterocycles. The summed E-state index contributed by atoms with van der Waals surface area (Å²) >= 11 is 0. The first-order valence-corrected chi connectivity index (χ1v) is 8.14. The van der Waals surface area contributed by atoms with Crippen molar-refractivity contribution >= 4 is 11.9 Å². The summed E-state index contributed by atoms with van der Waals surface area (Å²) in [5.74, 6) is 0.800. The van der Waals surface area contributed by atoms with Crippen molar-refractivity contribution in [3.05, 3.63) is 17.5 Å². The third-order valence-corrected chi connectivity index (χ3v) is 4.34. The summed E-state index contributed by atoms with van der Waals surface area (Å²) < 4.78 is 0. The van der Waals surface area contributed by atoms with Crippen LogP contribution in [0.2, 0.25) is 0 Å². The van der Waals surface area contributed by atoms with Crippen molar-refractivity contribution < 1.29 is 4.79 Å². The van der Waals surface area contributed by atoms with Crippen LogP contribution in [0.4, 0.5) is 5.95 Å². The van der Waals surface area contributed by atoms with E-state index in [1.165, 1.54) is 25.7 Å². The third kappa shape index (κ3) is 3.34. The number of hydrogen-bond donors (Lipinski definition) is 0. The molecule has 2 aliphatic heterocycles. The molecule has 1 aromatic rings. The molecule has 0 N–H and O–H groups in total. The number of rotatable bonds is 2. The van der Waals surface area contributed by atoms with E-state index in [1.807, 2.05) is 17.9 Å². The van der Waals surface area contributed by atoms with Crippen LogP contribution >= 0.6 is 0 Å². The van der Waals surface area contributed by atoms with Crippen molar-refractivity contribution in [2.45, 2.75) is 45.4 Å². The van der Waals surface area contributed by atoms with Crippen molar-refractivity contribution in [2.75, 3.05) is 31.1 Å². The first-order chi connectivity index (χ1) is 10.2. The van der Waals surface area contributed by atoms with Crippen LogP contribution < -0.4 is 4.90 Å². The molecule has 0 spiro atoms. The Labute approximate surface area is 126 Å². The van der Waals surface area contributed by atoms with E-state index in [-0.39, 0.29) is 5.91 Å². The quantitative estimate of drug-likeness (QED) is 0.838. The van der Waals surface area contributed by atoms with E-state index in [9.17, 15) is 4.79 Å². The Balaban J connectivity index is 1.81. The Hall–Kier alpha value is -1.65. The van der Waals surface area contributed by atoms with Crippen LogP contribution in [0.5, 0.6) is 0 Å². The maximum absolute atomic E-state index is 12.7. The Morgan fingerprint density at radius 3 is 2.24 bits per heavy atom. The highest BCUT2D eigenvalue weighted by molar-refractivity contribution is 5.92. The fraction of sp³-hybridized carbons (Fsp3) is 0.688. The number of carbonyl (C=O) groups is 1. The predicted molar refractivity (Wildman–Crippen MR) is 82.6 cm³/mol. The lowest BCUT2D eigenvalue weighted by Gasteiger charge is -2.21. The average Bonchev–Trinajstić information content (AvgIpc) is 2.89. The van der Waals surface area contributed by atoms with Crippen molar-refractivity contribution in [1.29, 1.82) is 0 Å². The predicted octanol–water partition coefficient (Wildman–Crippen LogP) is 2.40. The average molecular weight is 288 g/mol. The van der Waals surface area contributed by atoms with E-state index >= 15 is 0 Å². The Kier molecular flexibility index (Phi) is 4.36. The van der Waals surface area contributed by atoms with Gasteiger partial charge in [-0.15, -0.1) is 0 Å². The van der Waals surface area contributed by atoms with Gasteiger partial charge in [0, 0.05) is 31.9 Å². The van der Waals surface area contributed by atoms with E-state index in [2.05, 4.69) is 14.9 Å². The van der Waals surface area contributed by atoms with Gasteiger partial charge < -0.3 is 9.80 Å². The van der Waals surface area contributed by atoms with Crippen LogP contribution in [0.1, 0.15) is 54.7 Å². The van der Waals surface area contributed by atoms with Gasteiger partial charge in [-0.25, -0.2) is 9.97 Å². The number of carbonyl (C=O) groups excluding carboxylic acids is 1. The highest BCUT2D eigenvalue weighted by Crippen LogP contribution is 2.18. The zero-order chi connectivity index (χ0) is 14.7. The van der Waals surface area contributed by atoms with E-state index in [0.29, 0.717) is 5.69 Å². The zero-order valence-corrected chi connectivity index (χ0v) is 12.8.